The number of benzene rings is 1. The van der Waals surface area contributed by atoms with E-state index < -0.39 is 12.1 Å². The molecule has 2 rings (SSSR count). The fourth-order valence-corrected chi connectivity index (χ4v) is 2.88. The number of carboxylic acid groups (broad SMARTS) is 1. The number of aromatic nitrogens is 1. The number of nitrogens with zero attached hydrogens (tertiary/aromatic N) is 1. The highest BCUT2D eigenvalue weighted by Gasteiger charge is 2.17. The van der Waals surface area contributed by atoms with Crippen molar-refractivity contribution in [1.82, 2.24) is 10.3 Å². The van der Waals surface area contributed by atoms with E-state index in [0.29, 0.717) is 30.9 Å². The van der Waals surface area contributed by atoms with Gasteiger partial charge in [0.2, 0.25) is 5.89 Å². The third-order valence-electron chi connectivity index (χ3n) is 4.24. The van der Waals surface area contributed by atoms with Crippen LogP contribution < -0.4 is 15.4 Å². The van der Waals surface area contributed by atoms with E-state index in [-0.39, 0.29) is 5.92 Å². The summed E-state index contributed by atoms with van der Waals surface area (Å²) in [6, 6.07) is 3.17. The lowest BCUT2D eigenvalue weighted by molar-refractivity contribution is -0.109. The Balaban J connectivity index is 2.11. The van der Waals surface area contributed by atoms with Gasteiger partial charge in [-0.2, -0.15) is 0 Å². The largest absolute Gasteiger partial charge is 0.496 e. The molecule has 0 spiro atoms. The number of hydrogen-bond acceptors (Lipinski definition) is 6. The van der Waals surface area contributed by atoms with E-state index >= 15 is 0 Å². The number of nitrogens with one attached hydrogen (secondary N) is 2. The van der Waals surface area contributed by atoms with Gasteiger partial charge in [-0.15, -0.1) is 0 Å². The Hall–Kier alpha value is -3.03. The molecule has 2 atom stereocenters. The number of hydrogen-bond donors (Lipinski definition) is 3. The summed E-state index contributed by atoms with van der Waals surface area (Å²) in [4.78, 5) is 25.9. The average Bonchev–Trinajstić information content (AvgIpc) is 3.19. The van der Waals surface area contributed by atoms with Gasteiger partial charge in [-0.3, -0.25) is 0 Å². The van der Waals surface area contributed by atoms with E-state index in [4.69, 9.17) is 14.3 Å². The number of rotatable bonds is 10. The standard InChI is InChI=1S/C19H25N3O5/c1-4-13-8-15(18-20-5-6-27-18)17(26-3)9-16(13)21-10-12(2)7-14(11-23)22-19(24)25/h5-6,8-9,11-12,14,21-22H,4,7,10H2,1-3H3,(H,24,25). The first-order chi connectivity index (χ1) is 13.0. The van der Waals surface area contributed by atoms with Gasteiger partial charge in [0.15, 0.2) is 0 Å². The van der Waals surface area contributed by atoms with Gasteiger partial charge in [-0.05, 0) is 30.4 Å². The number of amides is 1. The van der Waals surface area contributed by atoms with Gasteiger partial charge in [0.25, 0.3) is 0 Å². The number of methoxy groups -OCH3 is 1. The molecule has 2 unspecified atom stereocenters. The Morgan fingerprint density at radius 3 is 2.78 bits per heavy atom. The second kappa shape index (κ2) is 9.61. The minimum atomic E-state index is -1.20. The third kappa shape index (κ3) is 5.47. The first-order valence-corrected chi connectivity index (χ1v) is 8.77. The zero-order chi connectivity index (χ0) is 19.8. The number of carbonyl (C=O) groups is 2. The summed E-state index contributed by atoms with van der Waals surface area (Å²) in [7, 11) is 1.59. The van der Waals surface area contributed by atoms with Crippen LogP contribution in [0, 0.1) is 5.92 Å². The molecule has 0 aliphatic carbocycles. The van der Waals surface area contributed by atoms with Gasteiger partial charge in [0.05, 0.1) is 24.9 Å². The van der Waals surface area contributed by atoms with E-state index in [1.807, 2.05) is 19.1 Å². The summed E-state index contributed by atoms with van der Waals surface area (Å²) >= 11 is 0. The molecule has 0 fully saturated rings. The van der Waals surface area contributed by atoms with Crippen LogP contribution in [0.15, 0.2) is 29.0 Å². The molecule has 0 aliphatic rings. The van der Waals surface area contributed by atoms with Crippen molar-refractivity contribution in [2.75, 3.05) is 19.0 Å². The predicted molar refractivity (Wildman–Crippen MR) is 101 cm³/mol. The Bertz CT molecular complexity index is 761. The van der Waals surface area contributed by atoms with Gasteiger partial charge in [0, 0.05) is 18.3 Å². The summed E-state index contributed by atoms with van der Waals surface area (Å²) in [6.07, 6.45) is 3.73. The van der Waals surface area contributed by atoms with Gasteiger partial charge >= 0.3 is 6.09 Å². The normalized spacial score (nSPS) is 12.9. The van der Waals surface area contributed by atoms with Gasteiger partial charge in [-0.1, -0.05) is 13.8 Å². The molecule has 2 aromatic rings. The molecule has 0 bridgehead atoms. The van der Waals surface area contributed by atoms with E-state index in [0.717, 1.165) is 23.2 Å². The van der Waals surface area contributed by atoms with Crippen molar-refractivity contribution >= 4 is 18.1 Å². The molecule has 1 aromatic carbocycles. The third-order valence-corrected chi connectivity index (χ3v) is 4.24. The van der Waals surface area contributed by atoms with Crippen molar-refractivity contribution in [2.45, 2.75) is 32.7 Å². The van der Waals surface area contributed by atoms with E-state index in [9.17, 15) is 9.59 Å². The zero-order valence-corrected chi connectivity index (χ0v) is 15.7. The molecule has 0 saturated heterocycles. The fourth-order valence-electron chi connectivity index (χ4n) is 2.88. The maximum absolute atomic E-state index is 11.0. The first-order valence-electron chi connectivity index (χ1n) is 8.77. The smallest absolute Gasteiger partial charge is 0.405 e. The van der Waals surface area contributed by atoms with Crippen LogP contribution >= 0.6 is 0 Å². The van der Waals surface area contributed by atoms with E-state index in [1.54, 1.807) is 13.3 Å². The predicted octanol–water partition coefficient (Wildman–Crippen LogP) is 3.19. The minimum absolute atomic E-state index is 0.0779. The quantitative estimate of drug-likeness (QED) is 0.546. The highest BCUT2D eigenvalue weighted by atomic mass is 16.5. The van der Waals surface area contributed by atoms with Crippen LogP contribution in [0.3, 0.4) is 0 Å². The van der Waals surface area contributed by atoms with Gasteiger partial charge in [0.1, 0.15) is 18.3 Å². The highest BCUT2D eigenvalue weighted by molar-refractivity contribution is 5.72. The van der Waals surface area contributed by atoms with E-state index in [2.05, 4.69) is 22.5 Å². The Kier molecular flexibility index (Phi) is 7.22. The molecule has 1 amide bonds. The van der Waals surface area contributed by atoms with Gasteiger partial charge in [-0.25, -0.2) is 9.78 Å². The number of carbonyl (C=O) groups excluding carboxylic acids is 1. The molecule has 8 nitrogen and oxygen atoms in total. The Morgan fingerprint density at radius 1 is 1.44 bits per heavy atom. The number of ether oxygens (including phenoxy) is 1. The van der Waals surface area contributed by atoms with Crippen LogP contribution in [0.25, 0.3) is 11.5 Å². The van der Waals surface area contributed by atoms with Crippen molar-refractivity contribution in [2.24, 2.45) is 5.92 Å². The molecule has 0 aliphatic heterocycles. The van der Waals surface area contributed by atoms with Gasteiger partial charge < -0.3 is 29.7 Å². The van der Waals surface area contributed by atoms with Crippen LogP contribution in [-0.4, -0.2) is 42.2 Å². The molecular weight excluding hydrogens is 350 g/mol. The monoisotopic (exact) mass is 375 g/mol. The molecular formula is C19H25N3O5. The minimum Gasteiger partial charge on any atom is -0.496 e. The maximum atomic E-state index is 11.0. The van der Waals surface area contributed by atoms with Crippen LogP contribution in [0.4, 0.5) is 10.5 Å². The van der Waals surface area contributed by atoms with Crippen molar-refractivity contribution in [3.63, 3.8) is 0 Å². The summed E-state index contributed by atoms with van der Waals surface area (Å²) < 4.78 is 10.9. The number of aryl methyl sites for hydroxylation is 1. The van der Waals surface area contributed by atoms with Crippen LogP contribution in [0.2, 0.25) is 0 Å². The number of oxazole rings is 1. The van der Waals surface area contributed by atoms with Crippen molar-refractivity contribution in [1.29, 1.82) is 0 Å². The second-order valence-electron chi connectivity index (χ2n) is 6.31. The topological polar surface area (TPSA) is 114 Å². The van der Waals surface area contributed by atoms with E-state index in [1.165, 1.54) is 6.26 Å². The molecule has 0 saturated carbocycles. The first kappa shape index (κ1) is 20.3. The van der Waals surface area contributed by atoms with Crippen molar-refractivity contribution < 1.29 is 23.8 Å². The van der Waals surface area contributed by atoms with Crippen LogP contribution in [-0.2, 0) is 11.2 Å². The van der Waals surface area contributed by atoms with Crippen LogP contribution in [0.1, 0.15) is 25.8 Å². The summed E-state index contributed by atoms with van der Waals surface area (Å²) in [6.45, 7) is 4.59. The Labute approximate surface area is 157 Å². The maximum Gasteiger partial charge on any atom is 0.405 e. The second-order valence-corrected chi connectivity index (χ2v) is 6.31. The van der Waals surface area contributed by atoms with Crippen LogP contribution in [0.5, 0.6) is 5.75 Å². The summed E-state index contributed by atoms with van der Waals surface area (Å²) in [5.74, 6) is 1.22. The molecule has 8 heteroatoms. The average molecular weight is 375 g/mol. The Morgan fingerprint density at radius 2 is 2.22 bits per heavy atom. The number of aldehydes is 1. The molecule has 3 N–H and O–H groups in total. The molecule has 27 heavy (non-hydrogen) atoms. The zero-order valence-electron chi connectivity index (χ0n) is 15.7. The molecule has 146 valence electrons. The lowest BCUT2D eigenvalue weighted by atomic mass is 10.0. The molecule has 1 aromatic heterocycles. The summed E-state index contributed by atoms with van der Waals surface area (Å²) in [5, 5.41) is 14.3. The lowest BCUT2D eigenvalue weighted by Crippen LogP contribution is -2.37. The lowest BCUT2D eigenvalue weighted by Gasteiger charge is -2.20. The summed E-state index contributed by atoms with van der Waals surface area (Å²) in [5.41, 5.74) is 2.78. The van der Waals surface area contributed by atoms with Crippen molar-refractivity contribution in [3.05, 3.63) is 30.2 Å². The van der Waals surface area contributed by atoms with Crippen molar-refractivity contribution in [3.8, 4) is 17.2 Å². The fraction of sp³-hybridized carbons (Fsp3) is 0.421. The molecule has 1 heterocycles. The highest BCUT2D eigenvalue weighted by Crippen LogP contribution is 2.34. The molecule has 0 radical (unpaired) electrons. The number of anilines is 1. The SMILES string of the molecule is CCc1cc(-c2ncco2)c(OC)cc1NCC(C)CC(C=O)NC(=O)O.